The van der Waals surface area contributed by atoms with Crippen LogP contribution < -0.4 is 4.74 Å². The summed E-state index contributed by atoms with van der Waals surface area (Å²) in [5, 5.41) is 0.957. The Kier molecular flexibility index (Phi) is 3.25. The van der Waals surface area contributed by atoms with E-state index in [0.29, 0.717) is 5.75 Å². The van der Waals surface area contributed by atoms with Gasteiger partial charge >= 0.3 is 5.97 Å². The average Bonchev–Trinajstić information content (AvgIpc) is 2.84. The molecule has 1 heterocycles. The molecule has 0 aliphatic heterocycles. The smallest absolute Gasteiger partial charge is 0.308 e. The highest BCUT2D eigenvalue weighted by Crippen LogP contribution is 2.27. The fourth-order valence-electron chi connectivity index (χ4n) is 2.36. The summed E-state index contributed by atoms with van der Waals surface area (Å²) in [6, 6.07) is 18.0. The van der Waals surface area contributed by atoms with E-state index in [1.807, 2.05) is 48.7 Å². The fourth-order valence-corrected chi connectivity index (χ4v) is 2.36. The largest absolute Gasteiger partial charge is 0.426 e. The number of aromatic nitrogens is 1. The van der Waals surface area contributed by atoms with Crippen molar-refractivity contribution in [3.8, 4) is 5.75 Å². The van der Waals surface area contributed by atoms with Crippen LogP contribution in [0, 0.1) is 0 Å². The van der Waals surface area contributed by atoms with Crippen LogP contribution >= 0.6 is 0 Å². The van der Waals surface area contributed by atoms with E-state index in [4.69, 9.17) is 4.74 Å². The fraction of sp³-hybridized carbons (Fsp3) is 0.118. The molecule has 0 amide bonds. The highest BCUT2D eigenvalue weighted by atomic mass is 16.5. The molecule has 0 aliphatic carbocycles. The van der Waals surface area contributed by atoms with Gasteiger partial charge in [-0.05, 0) is 23.8 Å². The maximum atomic E-state index is 11.1. The van der Waals surface area contributed by atoms with Crippen molar-refractivity contribution < 1.29 is 9.53 Å². The van der Waals surface area contributed by atoms with E-state index < -0.39 is 0 Å². The Morgan fingerprint density at radius 3 is 2.60 bits per heavy atom. The first-order chi connectivity index (χ1) is 9.74. The number of nitrogens with zero attached hydrogens (tertiary/aromatic N) is 1. The zero-order chi connectivity index (χ0) is 13.9. The van der Waals surface area contributed by atoms with Gasteiger partial charge in [-0.3, -0.25) is 4.79 Å². The molecule has 0 bridgehead atoms. The van der Waals surface area contributed by atoms with Crippen LogP contribution in [0.25, 0.3) is 10.9 Å². The minimum Gasteiger partial charge on any atom is -0.426 e. The zero-order valence-electron chi connectivity index (χ0n) is 11.2. The molecule has 0 saturated carbocycles. The third-order valence-corrected chi connectivity index (χ3v) is 3.22. The zero-order valence-corrected chi connectivity index (χ0v) is 11.2. The normalized spacial score (nSPS) is 10.7. The molecule has 0 fully saturated rings. The van der Waals surface area contributed by atoms with Crippen LogP contribution in [-0.4, -0.2) is 10.5 Å². The van der Waals surface area contributed by atoms with E-state index in [9.17, 15) is 4.79 Å². The third kappa shape index (κ3) is 2.43. The topological polar surface area (TPSA) is 31.2 Å². The Bertz CT molecular complexity index is 744. The molecule has 0 atom stereocenters. The van der Waals surface area contributed by atoms with Gasteiger partial charge < -0.3 is 9.30 Å². The molecule has 0 spiro atoms. The van der Waals surface area contributed by atoms with Gasteiger partial charge in [-0.2, -0.15) is 0 Å². The first-order valence-electron chi connectivity index (χ1n) is 6.54. The molecule has 2 aromatic carbocycles. The van der Waals surface area contributed by atoms with Gasteiger partial charge in [0.25, 0.3) is 0 Å². The van der Waals surface area contributed by atoms with Crippen LogP contribution in [0.4, 0.5) is 0 Å². The van der Waals surface area contributed by atoms with Gasteiger partial charge in [0.1, 0.15) is 5.75 Å². The van der Waals surface area contributed by atoms with Crippen LogP contribution in [0.2, 0.25) is 0 Å². The number of benzene rings is 2. The molecule has 20 heavy (non-hydrogen) atoms. The van der Waals surface area contributed by atoms with Crippen molar-refractivity contribution in [2.24, 2.45) is 0 Å². The molecule has 3 heteroatoms. The van der Waals surface area contributed by atoms with Crippen molar-refractivity contribution >= 4 is 16.9 Å². The van der Waals surface area contributed by atoms with Gasteiger partial charge in [0.15, 0.2) is 0 Å². The first-order valence-corrected chi connectivity index (χ1v) is 6.54. The van der Waals surface area contributed by atoms with E-state index in [0.717, 1.165) is 17.4 Å². The summed E-state index contributed by atoms with van der Waals surface area (Å²) in [4.78, 5) is 11.1. The lowest BCUT2D eigenvalue weighted by atomic mass is 10.2. The van der Waals surface area contributed by atoms with Crippen LogP contribution in [0.3, 0.4) is 0 Å². The number of ether oxygens (including phenoxy) is 1. The second-order valence-corrected chi connectivity index (χ2v) is 4.71. The maximum absolute atomic E-state index is 11.1. The van der Waals surface area contributed by atoms with Gasteiger partial charge in [0, 0.05) is 25.1 Å². The van der Waals surface area contributed by atoms with Gasteiger partial charge in [0.2, 0.25) is 0 Å². The lowest BCUT2D eigenvalue weighted by Crippen LogP contribution is -2.02. The number of carbonyl (C=O) groups excluding carboxylic acids is 1. The van der Waals surface area contributed by atoms with E-state index in [2.05, 4.69) is 16.7 Å². The van der Waals surface area contributed by atoms with Gasteiger partial charge in [0.05, 0.1) is 5.52 Å². The standard InChI is InChI=1S/C17H15NO2/c1-13(19)20-17-9-5-8-16-15(17)10-11-18(16)12-14-6-3-2-4-7-14/h2-11H,12H2,1H3. The molecule has 0 unspecified atom stereocenters. The maximum Gasteiger partial charge on any atom is 0.308 e. The molecule has 3 rings (SSSR count). The number of carbonyl (C=O) groups is 1. The molecule has 0 N–H and O–H groups in total. The van der Waals surface area contributed by atoms with Crippen LogP contribution in [0.15, 0.2) is 60.8 Å². The molecular weight excluding hydrogens is 250 g/mol. The SMILES string of the molecule is CC(=O)Oc1cccc2c1ccn2Cc1ccccc1. The molecule has 0 radical (unpaired) electrons. The van der Waals surface area contributed by atoms with Crippen LogP contribution in [-0.2, 0) is 11.3 Å². The summed E-state index contributed by atoms with van der Waals surface area (Å²) >= 11 is 0. The van der Waals surface area contributed by atoms with Gasteiger partial charge in [-0.25, -0.2) is 0 Å². The van der Waals surface area contributed by atoms with Crippen molar-refractivity contribution in [2.45, 2.75) is 13.5 Å². The van der Waals surface area contributed by atoms with Gasteiger partial charge in [-0.1, -0.05) is 36.4 Å². The minimum atomic E-state index is -0.298. The predicted molar refractivity (Wildman–Crippen MR) is 78.8 cm³/mol. The first kappa shape index (κ1) is 12.5. The molecule has 0 saturated heterocycles. The highest BCUT2D eigenvalue weighted by Gasteiger charge is 2.08. The molecule has 1 aromatic heterocycles. The molecule has 3 aromatic rings. The van der Waals surface area contributed by atoms with Crippen molar-refractivity contribution in [3.63, 3.8) is 0 Å². The second-order valence-electron chi connectivity index (χ2n) is 4.71. The second kappa shape index (κ2) is 5.21. The third-order valence-electron chi connectivity index (χ3n) is 3.22. The lowest BCUT2D eigenvalue weighted by Gasteiger charge is -2.07. The van der Waals surface area contributed by atoms with E-state index in [1.54, 1.807) is 0 Å². The van der Waals surface area contributed by atoms with Crippen molar-refractivity contribution in [1.82, 2.24) is 4.57 Å². The minimum absolute atomic E-state index is 0.298. The Balaban J connectivity index is 1.99. The number of rotatable bonds is 3. The number of hydrogen-bond donors (Lipinski definition) is 0. The number of fused-ring (bicyclic) bond motifs is 1. The Morgan fingerprint density at radius 2 is 1.85 bits per heavy atom. The van der Waals surface area contributed by atoms with Gasteiger partial charge in [-0.15, -0.1) is 0 Å². The van der Waals surface area contributed by atoms with E-state index >= 15 is 0 Å². The Hall–Kier alpha value is -2.55. The molecule has 3 nitrogen and oxygen atoms in total. The monoisotopic (exact) mass is 265 g/mol. The summed E-state index contributed by atoms with van der Waals surface area (Å²) in [7, 11) is 0. The number of esters is 1. The van der Waals surface area contributed by atoms with Crippen LogP contribution in [0.1, 0.15) is 12.5 Å². The van der Waals surface area contributed by atoms with Crippen LogP contribution in [0.5, 0.6) is 5.75 Å². The molecule has 0 aliphatic rings. The van der Waals surface area contributed by atoms with Crippen molar-refractivity contribution in [2.75, 3.05) is 0 Å². The molecule has 100 valence electrons. The van der Waals surface area contributed by atoms with Crippen molar-refractivity contribution in [1.29, 1.82) is 0 Å². The number of hydrogen-bond acceptors (Lipinski definition) is 2. The summed E-state index contributed by atoms with van der Waals surface area (Å²) in [6.45, 7) is 2.22. The average molecular weight is 265 g/mol. The highest BCUT2D eigenvalue weighted by molar-refractivity contribution is 5.88. The predicted octanol–water partition coefficient (Wildman–Crippen LogP) is 3.61. The van der Waals surface area contributed by atoms with Crippen molar-refractivity contribution in [3.05, 3.63) is 66.4 Å². The lowest BCUT2D eigenvalue weighted by molar-refractivity contribution is -0.131. The Labute approximate surface area is 117 Å². The Morgan fingerprint density at radius 1 is 1.05 bits per heavy atom. The summed E-state index contributed by atoms with van der Waals surface area (Å²) < 4.78 is 7.39. The summed E-state index contributed by atoms with van der Waals surface area (Å²) in [6.07, 6.45) is 2.02. The molecular formula is C17H15NO2. The summed E-state index contributed by atoms with van der Waals surface area (Å²) in [5.41, 5.74) is 2.30. The van der Waals surface area contributed by atoms with E-state index in [-0.39, 0.29) is 5.97 Å². The summed E-state index contributed by atoms with van der Waals surface area (Å²) in [5.74, 6) is 0.315. The van der Waals surface area contributed by atoms with E-state index in [1.165, 1.54) is 12.5 Å². The quantitative estimate of drug-likeness (QED) is 0.535.